The van der Waals surface area contributed by atoms with Crippen molar-refractivity contribution in [3.05, 3.63) is 34.9 Å². The molecule has 1 atom stereocenters. The molecule has 1 aromatic carbocycles. The van der Waals surface area contributed by atoms with Gasteiger partial charge in [-0.3, -0.25) is 4.79 Å². The number of nitrogens with zero attached hydrogens (tertiary/aromatic N) is 2. The van der Waals surface area contributed by atoms with Crippen molar-refractivity contribution in [1.82, 2.24) is 4.90 Å². The van der Waals surface area contributed by atoms with Gasteiger partial charge in [-0.1, -0.05) is 6.07 Å². The maximum absolute atomic E-state index is 11.5. The van der Waals surface area contributed by atoms with Crippen LogP contribution in [-0.2, 0) is 22.6 Å². The van der Waals surface area contributed by atoms with Crippen molar-refractivity contribution in [3.63, 3.8) is 0 Å². The lowest BCUT2D eigenvalue weighted by molar-refractivity contribution is -0.150. The zero-order chi connectivity index (χ0) is 13.3. The summed E-state index contributed by atoms with van der Waals surface area (Å²) in [5.41, 5.74) is 2.26. The Hall–Kier alpha value is -2.35. The molecule has 92 valence electrons. The molecule has 0 aromatic heterocycles. The van der Waals surface area contributed by atoms with Crippen molar-refractivity contribution in [2.24, 2.45) is 0 Å². The number of rotatable bonds is 1. The Morgan fingerprint density at radius 3 is 2.72 bits per heavy atom. The Morgan fingerprint density at radius 1 is 1.44 bits per heavy atom. The number of carbonyl (C=O) groups excluding carboxylic acids is 1. The lowest BCUT2D eigenvalue weighted by Gasteiger charge is -2.33. The molecule has 5 nitrogen and oxygen atoms in total. The second-order valence-electron chi connectivity index (χ2n) is 4.30. The lowest BCUT2D eigenvalue weighted by Crippen LogP contribution is -2.47. The molecule has 0 saturated carbocycles. The van der Waals surface area contributed by atoms with Gasteiger partial charge in [-0.25, -0.2) is 4.79 Å². The third-order valence-corrected chi connectivity index (χ3v) is 3.16. The highest BCUT2D eigenvalue weighted by Crippen LogP contribution is 2.24. The fraction of sp³-hybridized carbons (Fsp3) is 0.308. The molecule has 1 aliphatic rings. The molecule has 0 spiro atoms. The van der Waals surface area contributed by atoms with Gasteiger partial charge in [0, 0.05) is 19.9 Å². The van der Waals surface area contributed by atoms with Crippen LogP contribution in [0.25, 0.3) is 0 Å². The average Bonchev–Trinajstić information content (AvgIpc) is 2.36. The second kappa shape index (κ2) is 4.49. The van der Waals surface area contributed by atoms with Gasteiger partial charge in [-0.15, -0.1) is 0 Å². The van der Waals surface area contributed by atoms with Gasteiger partial charge in [0.2, 0.25) is 5.91 Å². The minimum Gasteiger partial charge on any atom is -0.480 e. The van der Waals surface area contributed by atoms with Crippen LogP contribution >= 0.6 is 0 Å². The molecule has 18 heavy (non-hydrogen) atoms. The van der Waals surface area contributed by atoms with Crippen LogP contribution in [0.4, 0.5) is 0 Å². The zero-order valence-electron chi connectivity index (χ0n) is 9.88. The van der Waals surface area contributed by atoms with Gasteiger partial charge in [-0.05, 0) is 23.3 Å². The predicted octanol–water partition coefficient (Wildman–Crippen LogP) is 0.916. The molecule has 0 fully saturated rings. The number of hydrogen-bond acceptors (Lipinski definition) is 3. The van der Waals surface area contributed by atoms with E-state index in [9.17, 15) is 9.59 Å². The molecule has 1 N–H and O–H groups in total. The summed E-state index contributed by atoms with van der Waals surface area (Å²) in [6, 6.07) is 6.36. The van der Waals surface area contributed by atoms with Gasteiger partial charge in [0.15, 0.2) is 0 Å². The average molecular weight is 244 g/mol. The summed E-state index contributed by atoms with van der Waals surface area (Å²) in [6.07, 6.45) is 0.288. The van der Waals surface area contributed by atoms with Crippen LogP contribution in [-0.4, -0.2) is 27.9 Å². The van der Waals surface area contributed by atoms with Gasteiger partial charge in [0.1, 0.15) is 6.04 Å². The number of carboxylic acids is 1. The Labute approximate surface area is 104 Å². The molecule has 1 heterocycles. The third kappa shape index (κ3) is 2.05. The van der Waals surface area contributed by atoms with Crippen molar-refractivity contribution in [3.8, 4) is 6.07 Å². The summed E-state index contributed by atoms with van der Waals surface area (Å²) in [6.45, 7) is 1.60. The molecule has 0 saturated heterocycles. The summed E-state index contributed by atoms with van der Waals surface area (Å²) in [7, 11) is 0. The first-order valence-electron chi connectivity index (χ1n) is 5.55. The molecule has 1 aromatic rings. The largest absolute Gasteiger partial charge is 0.480 e. The first-order valence-corrected chi connectivity index (χ1v) is 5.55. The Morgan fingerprint density at radius 2 is 2.17 bits per heavy atom. The number of carboxylic acid groups (broad SMARTS) is 1. The number of nitriles is 1. The number of amides is 1. The summed E-state index contributed by atoms with van der Waals surface area (Å²) in [5.74, 6) is -1.27. The maximum Gasteiger partial charge on any atom is 0.326 e. The maximum atomic E-state index is 11.5. The van der Waals surface area contributed by atoms with E-state index < -0.39 is 12.0 Å². The van der Waals surface area contributed by atoms with Crippen molar-refractivity contribution >= 4 is 11.9 Å². The Bertz CT molecular complexity index is 560. The highest BCUT2D eigenvalue weighted by molar-refractivity contribution is 5.83. The van der Waals surface area contributed by atoms with E-state index in [2.05, 4.69) is 0 Å². The first-order chi connectivity index (χ1) is 8.52. The highest BCUT2D eigenvalue weighted by atomic mass is 16.4. The summed E-state index contributed by atoms with van der Waals surface area (Å²) < 4.78 is 0. The topological polar surface area (TPSA) is 81.4 Å². The van der Waals surface area contributed by atoms with Crippen LogP contribution in [0.5, 0.6) is 0 Å². The van der Waals surface area contributed by atoms with Gasteiger partial charge in [0.25, 0.3) is 0 Å². The van der Waals surface area contributed by atoms with E-state index in [1.54, 1.807) is 18.2 Å². The van der Waals surface area contributed by atoms with Crippen molar-refractivity contribution < 1.29 is 14.7 Å². The summed E-state index contributed by atoms with van der Waals surface area (Å²) >= 11 is 0. The van der Waals surface area contributed by atoms with E-state index in [0.29, 0.717) is 5.56 Å². The van der Waals surface area contributed by atoms with Crippen LogP contribution in [0.3, 0.4) is 0 Å². The molecule has 0 bridgehead atoms. The van der Waals surface area contributed by atoms with Crippen molar-refractivity contribution in [2.45, 2.75) is 25.9 Å². The minimum absolute atomic E-state index is 0.247. The summed E-state index contributed by atoms with van der Waals surface area (Å²) in [4.78, 5) is 24.0. The van der Waals surface area contributed by atoms with Crippen LogP contribution in [0.15, 0.2) is 18.2 Å². The van der Waals surface area contributed by atoms with Crippen molar-refractivity contribution in [1.29, 1.82) is 5.26 Å². The number of hydrogen-bond donors (Lipinski definition) is 1. The van der Waals surface area contributed by atoms with E-state index in [1.165, 1.54) is 11.8 Å². The fourth-order valence-corrected chi connectivity index (χ4v) is 2.21. The Balaban J connectivity index is 2.41. The van der Waals surface area contributed by atoms with Gasteiger partial charge in [0.05, 0.1) is 11.6 Å². The number of aliphatic carboxylic acids is 1. The van der Waals surface area contributed by atoms with Crippen LogP contribution in [0.1, 0.15) is 23.6 Å². The van der Waals surface area contributed by atoms with Gasteiger partial charge >= 0.3 is 5.97 Å². The molecule has 0 radical (unpaired) electrons. The standard InChI is InChI=1S/C13H12N2O3/c1-8(16)15-7-11-4-9(6-14)2-3-10(11)5-12(15)13(17)18/h2-4,12H,5,7H2,1H3,(H,17,18). The summed E-state index contributed by atoms with van der Waals surface area (Å²) in [5, 5.41) is 18.0. The second-order valence-corrected chi connectivity index (χ2v) is 4.30. The van der Waals surface area contributed by atoms with Crippen LogP contribution < -0.4 is 0 Å². The number of fused-ring (bicyclic) bond motifs is 1. The van der Waals surface area contributed by atoms with Gasteiger partial charge in [-0.2, -0.15) is 5.26 Å². The number of benzene rings is 1. The molecule has 1 aliphatic heterocycles. The molecule has 5 heteroatoms. The van der Waals surface area contributed by atoms with Gasteiger partial charge < -0.3 is 10.0 Å². The zero-order valence-corrected chi connectivity index (χ0v) is 9.88. The van der Waals surface area contributed by atoms with E-state index in [0.717, 1.165) is 11.1 Å². The molecule has 1 amide bonds. The van der Waals surface area contributed by atoms with E-state index in [4.69, 9.17) is 10.4 Å². The lowest BCUT2D eigenvalue weighted by atomic mass is 9.92. The highest BCUT2D eigenvalue weighted by Gasteiger charge is 2.32. The molecule has 0 aliphatic carbocycles. The normalized spacial score (nSPS) is 17.8. The quantitative estimate of drug-likeness (QED) is 0.796. The monoisotopic (exact) mass is 244 g/mol. The first kappa shape index (κ1) is 12.1. The smallest absolute Gasteiger partial charge is 0.326 e. The molecular formula is C13H12N2O3. The number of carbonyl (C=O) groups is 2. The predicted molar refractivity (Wildman–Crippen MR) is 62.5 cm³/mol. The van der Waals surface area contributed by atoms with E-state index >= 15 is 0 Å². The Kier molecular flexibility index (Phi) is 3.02. The third-order valence-electron chi connectivity index (χ3n) is 3.16. The van der Waals surface area contributed by atoms with E-state index in [-0.39, 0.29) is 18.9 Å². The minimum atomic E-state index is -1.000. The van der Waals surface area contributed by atoms with Crippen molar-refractivity contribution in [2.75, 3.05) is 0 Å². The SMILES string of the molecule is CC(=O)N1Cc2cc(C#N)ccc2CC1C(=O)O. The van der Waals surface area contributed by atoms with E-state index in [1.807, 2.05) is 6.07 Å². The van der Waals surface area contributed by atoms with Crippen LogP contribution in [0.2, 0.25) is 0 Å². The fourth-order valence-electron chi connectivity index (χ4n) is 2.21. The molecule has 2 rings (SSSR count). The molecular weight excluding hydrogens is 232 g/mol. The molecule has 1 unspecified atom stereocenters. The van der Waals surface area contributed by atoms with Crippen LogP contribution in [0, 0.1) is 11.3 Å².